The van der Waals surface area contributed by atoms with Crippen LogP contribution in [0.5, 0.6) is 0 Å². The third-order valence-corrected chi connectivity index (χ3v) is 6.19. The molecule has 3 rings (SSSR count). The van der Waals surface area contributed by atoms with E-state index in [2.05, 4.69) is 11.8 Å². The molecule has 1 saturated carbocycles. The number of sulfonamides is 1. The largest absolute Gasteiger partial charge is 0.320 e. The summed E-state index contributed by atoms with van der Waals surface area (Å²) in [7, 11) is -3.62. The Balaban J connectivity index is 2.03. The van der Waals surface area contributed by atoms with E-state index in [1.54, 1.807) is 4.31 Å². The lowest BCUT2D eigenvalue weighted by Crippen LogP contribution is -2.37. The zero-order chi connectivity index (χ0) is 15.0. The average molecular weight is 308 g/mol. The first-order valence-corrected chi connectivity index (χ1v) is 8.46. The van der Waals surface area contributed by atoms with Crippen molar-refractivity contribution >= 4 is 10.0 Å². The van der Waals surface area contributed by atoms with Crippen LogP contribution in [0.15, 0.2) is 23.1 Å². The van der Waals surface area contributed by atoms with E-state index >= 15 is 0 Å². The molecule has 1 heterocycles. The molecule has 0 radical (unpaired) electrons. The van der Waals surface area contributed by atoms with Crippen LogP contribution in [0.2, 0.25) is 0 Å². The van der Waals surface area contributed by atoms with Crippen molar-refractivity contribution in [3.63, 3.8) is 0 Å². The van der Waals surface area contributed by atoms with Gasteiger partial charge in [0.25, 0.3) is 0 Å². The molecular formula is C15H17FN2O2S. The average Bonchev–Trinajstić information content (AvgIpc) is 3.07. The van der Waals surface area contributed by atoms with Crippen molar-refractivity contribution in [2.24, 2.45) is 11.7 Å². The number of benzene rings is 1. The van der Waals surface area contributed by atoms with Crippen LogP contribution < -0.4 is 5.73 Å². The van der Waals surface area contributed by atoms with Crippen LogP contribution in [0.25, 0.3) is 0 Å². The Bertz CT molecular complexity index is 721. The van der Waals surface area contributed by atoms with Gasteiger partial charge in [-0.15, -0.1) is 0 Å². The summed E-state index contributed by atoms with van der Waals surface area (Å²) >= 11 is 0. The molecule has 1 saturated heterocycles. The van der Waals surface area contributed by atoms with E-state index in [0.717, 1.165) is 31.4 Å². The van der Waals surface area contributed by atoms with Gasteiger partial charge < -0.3 is 5.73 Å². The molecule has 2 aliphatic rings. The molecule has 112 valence electrons. The fraction of sp³-hybridized carbons (Fsp3) is 0.467. The van der Waals surface area contributed by atoms with Gasteiger partial charge in [0.2, 0.25) is 10.0 Å². The summed E-state index contributed by atoms with van der Waals surface area (Å²) in [5.74, 6) is 5.22. The second kappa shape index (κ2) is 5.41. The Kier molecular flexibility index (Phi) is 3.74. The molecule has 2 N–H and O–H groups in total. The first kappa shape index (κ1) is 14.5. The first-order chi connectivity index (χ1) is 10.0. The van der Waals surface area contributed by atoms with E-state index in [1.165, 1.54) is 6.07 Å². The molecule has 6 heteroatoms. The Labute approximate surface area is 124 Å². The molecule has 2 atom stereocenters. The molecule has 2 unspecified atom stereocenters. The van der Waals surface area contributed by atoms with Crippen molar-refractivity contribution in [1.29, 1.82) is 0 Å². The van der Waals surface area contributed by atoms with Crippen LogP contribution in [-0.4, -0.2) is 31.9 Å². The highest BCUT2D eigenvalue weighted by molar-refractivity contribution is 7.89. The van der Waals surface area contributed by atoms with Crippen molar-refractivity contribution in [3.8, 4) is 11.8 Å². The number of nitrogens with zero attached hydrogens (tertiary/aromatic N) is 1. The first-order valence-electron chi connectivity index (χ1n) is 7.02. The molecule has 0 amide bonds. The Morgan fingerprint density at radius 2 is 2.19 bits per heavy atom. The van der Waals surface area contributed by atoms with Gasteiger partial charge in [0, 0.05) is 18.2 Å². The van der Waals surface area contributed by atoms with Gasteiger partial charge in [0.05, 0.1) is 11.4 Å². The highest BCUT2D eigenvalue weighted by Gasteiger charge is 2.44. The highest BCUT2D eigenvalue weighted by Crippen LogP contribution is 2.40. The van der Waals surface area contributed by atoms with Gasteiger partial charge in [-0.2, -0.15) is 4.31 Å². The maximum absolute atomic E-state index is 13.4. The van der Waals surface area contributed by atoms with Crippen LogP contribution >= 0.6 is 0 Å². The van der Waals surface area contributed by atoms with Crippen LogP contribution in [-0.2, 0) is 10.0 Å². The third-order valence-electron chi connectivity index (χ3n) is 4.21. The summed E-state index contributed by atoms with van der Waals surface area (Å²) in [6.07, 6.45) is 2.94. The summed E-state index contributed by atoms with van der Waals surface area (Å²) in [5, 5.41) is 0. The molecule has 1 aliphatic carbocycles. The number of nitrogens with two attached hydrogens (primary N) is 1. The summed E-state index contributed by atoms with van der Waals surface area (Å²) < 4.78 is 40.6. The summed E-state index contributed by atoms with van der Waals surface area (Å²) in [4.78, 5) is 0.0809. The highest BCUT2D eigenvalue weighted by atomic mass is 32.2. The molecule has 2 fully saturated rings. The third kappa shape index (κ3) is 2.57. The van der Waals surface area contributed by atoms with Gasteiger partial charge in [-0.3, -0.25) is 0 Å². The number of piperidine rings is 1. The number of fused-ring (bicyclic) bond motifs is 2. The van der Waals surface area contributed by atoms with Crippen molar-refractivity contribution in [3.05, 3.63) is 29.6 Å². The normalized spacial score (nSPS) is 24.9. The molecular weight excluding hydrogens is 291 g/mol. The Hall–Kier alpha value is -1.42. The molecule has 1 aromatic rings. The minimum absolute atomic E-state index is 0.0809. The van der Waals surface area contributed by atoms with E-state index in [4.69, 9.17) is 5.73 Å². The molecule has 4 nitrogen and oxygen atoms in total. The van der Waals surface area contributed by atoms with Crippen LogP contribution in [0.4, 0.5) is 4.39 Å². The molecule has 1 aliphatic heterocycles. The van der Waals surface area contributed by atoms with Crippen molar-refractivity contribution in [2.75, 3.05) is 13.1 Å². The number of rotatable bonds is 2. The maximum Gasteiger partial charge on any atom is 0.244 e. The van der Waals surface area contributed by atoms with Crippen molar-refractivity contribution < 1.29 is 12.8 Å². The number of halogens is 1. The van der Waals surface area contributed by atoms with Crippen molar-refractivity contribution in [2.45, 2.75) is 30.2 Å². The van der Waals surface area contributed by atoms with Gasteiger partial charge in [-0.1, -0.05) is 11.8 Å². The van der Waals surface area contributed by atoms with E-state index in [9.17, 15) is 12.8 Å². The molecule has 0 aromatic heterocycles. The standard InChI is InChI=1S/C15H17FN2O2S/c16-13-4-6-15(12(9-13)2-1-7-17)21(19,20)18-10-11-3-5-14(18)8-11/h4,6,9,11,14H,3,5,7-8,10,17H2. The molecule has 0 spiro atoms. The SMILES string of the molecule is NCC#Cc1cc(F)ccc1S(=O)(=O)N1CC2CCC1C2. The minimum atomic E-state index is -3.62. The van der Waals surface area contributed by atoms with E-state index in [-0.39, 0.29) is 23.0 Å². The van der Waals surface area contributed by atoms with Gasteiger partial charge in [-0.25, -0.2) is 12.8 Å². The number of hydrogen-bond donors (Lipinski definition) is 1. The van der Waals surface area contributed by atoms with Gasteiger partial charge >= 0.3 is 0 Å². The predicted molar refractivity (Wildman–Crippen MR) is 77.4 cm³/mol. The zero-order valence-electron chi connectivity index (χ0n) is 11.5. The van der Waals surface area contributed by atoms with E-state index < -0.39 is 15.8 Å². The fourth-order valence-electron chi connectivity index (χ4n) is 3.27. The van der Waals surface area contributed by atoms with E-state index in [0.29, 0.717) is 12.5 Å². The lowest BCUT2D eigenvalue weighted by Gasteiger charge is -2.26. The predicted octanol–water partition coefficient (Wildman–Crippen LogP) is 1.31. The van der Waals surface area contributed by atoms with Gasteiger partial charge in [0.15, 0.2) is 0 Å². The summed E-state index contributed by atoms with van der Waals surface area (Å²) in [6, 6.07) is 3.70. The Morgan fingerprint density at radius 1 is 1.38 bits per heavy atom. The lowest BCUT2D eigenvalue weighted by atomic mass is 10.1. The summed E-state index contributed by atoms with van der Waals surface area (Å²) in [5.41, 5.74) is 5.50. The second-order valence-corrected chi connectivity index (χ2v) is 7.41. The molecule has 21 heavy (non-hydrogen) atoms. The fourth-order valence-corrected chi connectivity index (χ4v) is 5.14. The lowest BCUT2D eigenvalue weighted by molar-refractivity contribution is 0.333. The van der Waals surface area contributed by atoms with Crippen LogP contribution in [0.1, 0.15) is 24.8 Å². The molecule has 2 bridgehead atoms. The topological polar surface area (TPSA) is 63.4 Å². The summed E-state index contributed by atoms with van der Waals surface area (Å²) in [6.45, 7) is 0.665. The molecule has 1 aromatic carbocycles. The van der Waals surface area contributed by atoms with Crippen LogP contribution in [0, 0.1) is 23.6 Å². The van der Waals surface area contributed by atoms with Gasteiger partial charge in [0.1, 0.15) is 5.82 Å². The van der Waals surface area contributed by atoms with Crippen LogP contribution in [0.3, 0.4) is 0 Å². The van der Waals surface area contributed by atoms with Gasteiger partial charge in [-0.05, 0) is 43.4 Å². The quantitative estimate of drug-likeness (QED) is 0.838. The smallest absolute Gasteiger partial charge is 0.244 e. The Morgan fingerprint density at radius 3 is 2.81 bits per heavy atom. The van der Waals surface area contributed by atoms with E-state index in [1.807, 2.05) is 0 Å². The minimum Gasteiger partial charge on any atom is -0.320 e. The maximum atomic E-state index is 13.4. The zero-order valence-corrected chi connectivity index (χ0v) is 12.4. The second-order valence-electron chi connectivity index (χ2n) is 5.55. The number of hydrogen-bond acceptors (Lipinski definition) is 3. The monoisotopic (exact) mass is 308 g/mol. The van der Waals surface area contributed by atoms with Crippen molar-refractivity contribution in [1.82, 2.24) is 4.31 Å².